The van der Waals surface area contributed by atoms with Crippen LogP contribution in [0, 0.1) is 11.8 Å². The maximum Gasteiger partial charge on any atom is 0.330 e. The van der Waals surface area contributed by atoms with Crippen LogP contribution in [0.4, 0.5) is 0 Å². The Labute approximate surface area is 214 Å². The monoisotopic (exact) mass is 559 g/mol. The summed E-state index contributed by atoms with van der Waals surface area (Å²) in [6.07, 6.45) is 0.947. The molecule has 3 heterocycles. The zero-order valence-electron chi connectivity index (χ0n) is 20.4. The molecule has 2 saturated heterocycles. The number of ketones is 1. The minimum absolute atomic E-state index is 0.0341. The van der Waals surface area contributed by atoms with Gasteiger partial charge in [-0.05, 0) is 33.6 Å². The standard InChI is InChI=1S/C22H32N3O8P3/c1-13(26)7-4-5-9-16(27)23-10-6-8-14-11-25(21(29)24-19(14)28)20-18-17(32-22(2,3)33-18)15(31-20)12-30-36(34)35/h11,15,17-18,20H,4-5,7,9-10,12,34-35H2,1-3H3,(H,23,27)(H,24,28,29)/t15-,17?,18+,20-/m1/s1. The number of fused-ring (bicyclic) bond motifs is 1. The normalized spacial score (nSPS) is 24.3. The summed E-state index contributed by atoms with van der Waals surface area (Å²) in [5, 5.41) is 2.65. The van der Waals surface area contributed by atoms with Gasteiger partial charge in [-0.2, -0.15) is 0 Å². The van der Waals surface area contributed by atoms with Crippen LogP contribution in [0.3, 0.4) is 0 Å². The number of hydrogen-bond donors (Lipinski definition) is 2. The Morgan fingerprint density at radius 3 is 2.61 bits per heavy atom. The van der Waals surface area contributed by atoms with Crippen LogP contribution in [0.2, 0.25) is 0 Å². The van der Waals surface area contributed by atoms with Crippen molar-refractivity contribution in [3.63, 3.8) is 0 Å². The summed E-state index contributed by atoms with van der Waals surface area (Å²) in [5.41, 5.74) is -1.27. The van der Waals surface area contributed by atoms with Gasteiger partial charge >= 0.3 is 5.69 Å². The molecule has 0 bridgehead atoms. The van der Waals surface area contributed by atoms with Gasteiger partial charge in [0.15, 0.2) is 12.0 Å². The molecule has 0 radical (unpaired) electrons. The SMILES string of the molecule is CC(=O)CCCCC(=O)NCC#Cc1cn([C@@H]2O[C@H](COP(P)P)C3OC(C)(C)O[C@@H]32)c(=O)[nH]c1=O. The fourth-order valence-corrected chi connectivity index (χ4v) is 4.81. The Morgan fingerprint density at radius 1 is 1.22 bits per heavy atom. The molecule has 36 heavy (non-hydrogen) atoms. The van der Waals surface area contributed by atoms with E-state index >= 15 is 0 Å². The molecule has 0 aromatic carbocycles. The minimum Gasteiger partial charge on any atom is -0.349 e. The third kappa shape index (κ3) is 8.00. The van der Waals surface area contributed by atoms with Crippen LogP contribution in [0.15, 0.2) is 15.8 Å². The second-order valence-electron chi connectivity index (χ2n) is 8.98. The van der Waals surface area contributed by atoms with Crippen molar-refractivity contribution in [2.24, 2.45) is 0 Å². The lowest BCUT2D eigenvalue weighted by Gasteiger charge is -2.25. The smallest absolute Gasteiger partial charge is 0.330 e. The summed E-state index contributed by atoms with van der Waals surface area (Å²) in [6.45, 7) is 5.36. The average Bonchev–Trinajstić information content (AvgIpc) is 3.27. The van der Waals surface area contributed by atoms with Crippen LogP contribution in [0.25, 0.3) is 0 Å². The first-order valence-corrected chi connectivity index (χ1v) is 16.0. The van der Waals surface area contributed by atoms with Gasteiger partial charge in [0, 0.05) is 19.0 Å². The third-order valence-electron chi connectivity index (χ3n) is 5.53. The molecule has 2 aliphatic rings. The number of amides is 1. The number of aromatic nitrogens is 2. The summed E-state index contributed by atoms with van der Waals surface area (Å²) >= 11 is 0. The number of Topliss-reactive ketones (excluding diaryl/α,β-unsaturated/α-hetero) is 1. The fourth-order valence-electron chi connectivity index (χ4n) is 3.97. The highest BCUT2D eigenvalue weighted by molar-refractivity contribution is 8.41. The molecule has 2 aliphatic heterocycles. The van der Waals surface area contributed by atoms with Crippen molar-refractivity contribution in [3.05, 3.63) is 32.6 Å². The summed E-state index contributed by atoms with van der Waals surface area (Å²) in [4.78, 5) is 50.1. The van der Waals surface area contributed by atoms with E-state index in [-0.39, 0.29) is 30.4 Å². The van der Waals surface area contributed by atoms with E-state index in [0.29, 0.717) is 25.7 Å². The van der Waals surface area contributed by atoms with Crippen LogP contribution < -0.4 is 16.6 Å². The third-order valence-corrected chi connectivity index (χ3v) is 6.88. The van der Waals surface area contributed by atoms with E-state index in [9.17, 15) is 19.2 Å². The van der Waals surface area contributed by atoms with Crippen LogP contribution in [0.5, 0.6) is 0 Å². The molecule has 198 valence electrons. The topological polar surface area (TPSA) is 138 Å². The first-order chi connectivity index (χ1) is 17.0. The number of aromatic amines is 1. The Bertz CT molecular complexity index is 1140. The van der Waals surface area contributed by atoms with Gasteiger partial charge in [-0.1, -0.05) is 29.7 Å². The molecule has 11 nitrogen and oxygen atoms in total. The number of carbonyl (C=O) groups excluding carboxylic acids is 2. The number of hydrogen-bond acceptors (Lipinski definition) is 8. The van der Waals surface area contributed by atoms with Crippen LogP contribution in [-0.2, 0) is 28.3 Å². The second-order valence-corrected chi connectivity index (χ2v) is 14.8. The number of nitrogens with zero attached hydrogens (tertiary/aromatic N) is 1. The lowest BCUT2D eigenvalue weighted by Crippen LogP contribution is -2.38. The molecular formula is C22H32N3O8P3. The lowest BCUT2D eigenvalue weighted by atomic mass is 10.1. The molecular weight excluding hydrogens is 527 g/mol. The second kappa shape index (κ2) is 12.8. The summed E-state index contributed by atoms with van der Waals surface area (Å²) in [6, 6.07) is 0. The summed E-state index contributed by atoms with van der Waals surface area (Å²) in [5.74, 6) is 4.47. The van der Waals surface area contributed by atoms with E-state index in [2.05, 4.69) is 40.0 Å². The molecule has 2 fully saturated rings. The van der Waals surface area contributed by atoms with E-state index in [0.717, 1.165) is 0 Å². The van der Waals surface area contributed by atoms with E-state index in [1.807, 2.05) is 0 Å². The highest BCUT2D eigenvalue weighted by Crippen LogP contribution is 2.54. The van der Waals surface area contributed by atoms with Crippen LogP contribution in [0.1, 0.15) is 58.2 Å². The highest BCUT2D eigenvalue weighted by atomic mass is 32.4. The maximum absolute atomic E-state index is 12.7. The minimum atomic E-state index is -0.874. The van der Waals surface area contributed by atoms with Crippen molar-refractivity contribution in [2.45, 2.75) is 76.8 Å². The molecule has 3 unspecified atom stereocenters. The Kier molecular flexibility index (Phi) is 10.4. The number of nitrogens with one attached hydrogen (secondary N) is 2. The molecule has 0 saturated carbocycles. The van der Waals surface area contributed by atoms with Gasteiger partial charge < -0.3 is 28.8 Å². The number of rotatable bonds is 10. The van der Waals surface area contributed by atoms with Crippen molar-refractivity contribution in [2.75, 3.05) is 13.2 Å². The van der Waals surface area contributed by atoms with Gasteiger partial charge in [-0.15, -0.1) is 0 Å². The van der Waals surface area contributed by atoms with Crippen molar-refractivity contribution in [1.82, 2.24) is 14.9 Å². The van der Waals surface area contributed by atoms with E-state index < -0.39 is 49.1 Å². The van der Waals surface area contributed by atoms with Crippen LogP contribution >= 0.6 is 25.4 Å². The van der Waals surface area contributed by atoms with Gasteiger partial charge in [-0.3, -0.25) is 19.1 Å². The molecule has 3 rings (SSSR count). The summed E-state index contributed by atoms with van der Waals surface area (Å²) < 4.78 is 25.0. The molecule has 1 amide bonds. The Balaban J connectivity index is 1.69. The molecule has 14 heteroatoms. The molecule has 1 aromatic rings. The first-order valence-electron chi connectivity index (χ1n) is 11.5. The Morgan fingerprint density at radius 2 is 1.92 bits per heavy atom. The van der Waals surface area contributed by atoms with Crippen molar-refractivity contribution in [3.8, 4) is 11.8 Å². The van der Waals surface area contributed by atoms with Crippen LogP contribution in [-0.4, -0.2) is 58.5 Å². The fraction of sp³-hybridized carbons (Fsp3) is 0.636. The van der Waals surface area contributed by atoms with Gasteiger partial charge in [0.2, 0.25) is 5.91 Å². The molecule has 0 aliphatic carbocycles. The lowest BCUT2D eigenvalue weighted by molar-refractivity contribution is -0.199. The number of unbranched alkanes of at least 4 members (excludes halogenated alkanes) is 1. The Hall–Kier alpha value is -1.49. The van der Waals surface area contributed by atoms with E-state index in [1.54, 1.807) is 13.8 Å². The zero-order chi connectivity index (χ0) is 26.5. The number of ether oxygens (including phenoxy) is 3. The van der Waals surface area contributed by atoms with Crippen molar-refractivity contribution in [1.29, 1.82) is 0 Å². The van der Waals surface area contributed by atoms with Crippen molar-refractivity contribution < 1.29 is 28.3 Å². The largest absolute Gasteiger partial charge is 0.349 e. The molecule has 2 N–H and O–H groups in total. The van der Waals surface area contributed by atoms with Gasteiger partial charge in [-0.25, -0.2) is 4.79 Å². The van der Waals surface area contributed by atoms with Gasteiger partial charge in [0.05, 0.1) is 20.7 Å². The predicted molar refractivity (Wildman–Crippen MR) is 140 cm³/mol. The quantitative estimate of drug-likeness (QED) is 0.250. The predicted octanol–water partition coefficient (Wildman–Crippen LogP) is 1.56. The number of carbonyl (C=O) groups is 2. The van der Waals surface area contributed by atoms with E-state index in [4.69, 9.17) is 18.7 Å². The molecule has 6 atom stereocenters. The molecule has 1 aromatic heterocycles. The average molecular weight is 559 g/mol. The van der Waals surface area contributed by atoms with Crippen molar-refractivity contribution >= 4 is 37.1 Å². The molecule has 0 spiro atoms. The van der Waals surface area contributed by atoms with Gasteiger partial charge in [0.1, 0.15) is 29.7 Å². The zero-order valence-corrected chi connectivity index (χ0v) is 23.6. The van der Waals surface area contributed by atoms with Gasteiger partial charge in [0.25, 0.3) is 5.56 Å². The number of H-pyrrole nitrogens is 1. The highest BCUT2D eigenvalue weighted by Gasteiger charge is 2.56. The first kappa shape index (κ1) is 29.1. The summed E-state index contributed by atoms with van der Waals surface area (Å²) in [7, 11) is 4.35. The maximum atomic E-state index is 12.7. The van der Waals surface area contributed by atoms with E-state index in [1.165, 1.54) is 17.7 Å².